The van der Waals surface area contributed by atoms with Gasteiger partial charge in [-0.2, -0.15) is 0 Å². The molecule has 0 unspecified atom stereocenters. The van der Waals surface area contributed by atoms with Gasteiger partial charge in [0, 0.05) is 38.3 Å². The predicted octanol–water partition coefficient (Wildman–Crippen LogP) is 4.34. The van der Waals surface area contributed by atoms with Crippen molar-refractivity contribution in [2.75, 3.05) is 31.1 Å². The SMILES string of the molecule is O=C(Cc1ccccc1)N1CCCN(c2cc(Oc3ccc(F)c(Cl)c3)ncn2)CC1. The number of aromatic nitrogens is 2. The topological polar surface area (TPSA) is 58.6 Å². The maximum atomic E-state index is 13.3. The summed E-state index contributed by atoms with van der Waals surface area (Å²) in [5, 5.41) is -0.0143. The standard InChI is InChI=1S/C23H22ClFN4O2/c24-19-14-18(7-8-20(19)25)31-22-15-21(26-16-27-22)28-9-4-10-29(12-11-28)23(30)13-17-5-2-1-3-6-17/h1-3,5-8,14-16H,4,9-13H2. The van der Waals surface area contributed by atoms with E-state index in [4.69, 9.17) is 16.3 Å². The Bertz CT molecular complexity index is 1050. The molecule has 0 radical (unpaired) electrons. The Morgan fingerprint density at radius 2 is 1.87 bits per heavy atom. The normalized spacial score (nSPS) is 14.3. The zero-order valence-corrected chi connectivity index (χ0v) is 17.6. The summed E-state index contributed by atoms with van der Waals surface area (Å²) in [5.74, 6) is 1.08. The van der Waals surface area contributed by atoms with E-state index < -0.39 is 5.82 Å². The van der Waals surface area contributed by atoms with Crippen LogP contribution in [0.1, 0.15) is 12.0 Å². The van der Waals surface area contributed by atoms with Crippen LogP contribution in [-0.2, 0) is 11.2 Å². The number of hydrogen-bond donors (Lipinski definition) is 0. The monoisotopic (exact) mass is 440 g/mol. The summed E-state index contributed by atoms with van der Waals surface area (Å²) in [4.78, 5) is 25.2. The number of ether oxygens (including phenoxy) is 1. The Kier molecular flexibility index (Phi) is 6.62. The lowest BCUT2D eigenvalue weighted by molar-refractivity contribution is -0.130. The fourth-order valence-corrected chi connectivity index (χ4v) is 3.67. The number of hydrogen-bond acceptors (Lipinski definition) is 5. The van der Waals surface area contributed by atoms with E-state index in [0.29, 0.717) is 37.7 Å². The highest BCUT2D eigenvalue weighted by Crippen LogP contribution is 2.26. The number of carbonyl (C=O) groups is 1. The summed E-state index contributed by atoms with van der Waals surface area (Å²) >= 11 is 5.81. The minimum absolute atomic E-state index is 0.0143. The van der Waals surface area contributed by atoms with Crippen molar-refractivity contribution in [3.05, 3.63) is 77.3 Å². The molecular formula is C23H22ClFN4O2. The van der Waals surface area contributed by atoms with Crippen LogP contribution in [0, 0.1) is 5.82 Å². The molecule has 160 valence electrons. The van der Waals surface area contributed by atoms with Gasteiger partial charge in [0.25, 0.3) is 0 Å². The van der Waals surface area contributed by atoms with Gasteiger partial charge in [0.15, 0.2) is 0 Å². The van der Waals surface area contributed by atoms with Gasteiger partial charge in [0.05, 0.1) is 11.4 Å². The van der Waals surface area contributed by atoms with Gasteiger partial charge in [-0.25, -0.2) is 14.4 Å². The number of benzene rings is 2. The van der Waals surface area contributed by atoms with Gasteiger partial charge in [-0.15, -0.1) is 0 Å². The van der Waals surface area contributed by atoms with Crippen LogP contribution in [-0.4, -0.2) is 47.0 Å². The van der Waals surface area contributed by atoms with E-state index in [1.165, 1.54) is 24.5 Å². The lowest BCUT2D eigenvalue weighted by atomic mass is 10.1. The third-order valence-corrected chi connectivity index (χ3v) is 5.40. The van der Waals surface area contributed by atoms with E-state index in [2.05, 4.69) is 14.9 Å². The van der Waals surface area contributed by atoms with Crippen molar-refractivity contribution in [1.82, 2.24) is 14.9 Å². The van der Waals surface area contributed by atoms with E-state index in [1.807, 2.05) is 35.2 Å². The Morgan fingerprint density at radius 1 is 1.03 bits per heavy atom. The molecule has 31 heavy (non-hydrogen) atoms. The summed E-state index contributed by atoms with van der Waals surface area (Å²) in [5.41, 5.74) is 1.02. The number of nitrogens with zero attached hydrogens (tertiary/aromatic N) is 4. The van der Waals surface area contributed by atoms with Crippen LogP contribution in [0.3, 0.4) is 0 Å². The Balaban J connectivity index is 1.39. The predicted molar refractivity (Wildman–Crippen MR) is 117 cm³/mol. The molecule has 8 heteroatoms. The highest BCUT2D eigenvalue weighted by atomic mass is 35.5. The number of amides is 1. The molecule has 0 saturated carbocycles. The second-order valence-electron chi connectivity index (χ2n) is 7.28. The van der Waals surface area contributed by atoms with Crippen molar-refractivity contribution in [1.29, 1.82) is 0 Å². The maximum absolute atomic E-state index is 13.3. The Morgan fingerprint density at radius 3 is 2.68 bits per heavy atom. The molecule has 3 aromatic rings. The first-order valence-electron chi connectivity index (χ1n) is 10.1. The highest BCUT2D eigenvalue weighted by molar-refractivity contribution is 6.30. The average Bonchev–Trinajstić information content (AvgIpc) is 3.04. The molecule has 0 N–H and O–H groups in total. The zero-order valence-electron chi connectivity index (χ0n) is 16.9. The number of anilines is 1. The maximum Gasteiger partial charge on any atom is 0.227 e. The first kappa shape index (κ1) is 21.1. The van der Waals surface area contributed by atoms with E-state index in [9.17, 15) is 9.18 Å². The van der Waals surface area contributed by atoms with Crippen molar-refractivity contribution in [3.8, 4) is 11.6 Å². The smallest absolute Gasteiger partial charge is 0.227 e. The number of rotatable bonds is 5. The summed E-state index contributed by atoms with van der Waals surface area (Å²) in [6, 6.07) is 15.7. The van der Waals surface area contributed by atoms with Crippen molar-refractivity contribution < 1.29 is 13.9 Å². The minimum atomic E-state index is -0.506. The average molecular weight is 441 g/mol. The fourth-order valence-electron chi connectivity index (χ4n) is 3.50. The second-order valence-corrected chi connectivity index (χ2v) is 7.68. The van der Waals surface area contributed by atoms with Gasteiger partial charge in [-0.05, 0) is 24.1 Å². The molecular weight excluding hydrogens is 419 g/mol. The molecule has 1 amide bonds. The summed E-state index contributed by atoms with van der Waals surface area (Å²) in [6.45, 7) is 2.78. The Hall–Kier alpha value is -3.19. The van der Waals surface area contributed by atoms with Crippen molar-refractivity contribution in [2.24, 2.45) is 0 Å². The Labute approximate surface area is 185 Å². The first-order valence-corrected chi connectivity index (χ1v) is 10.5. The van der Waals surface area contributed by atoms with Crippen LogP contribution < -0.4 is 9.64 Å². The highest BCUT2D eigenvalue weighted by Gasteiger charge is 2.20. The van der Waals surface area contributed by atoms with E-state index in [0.717, 1.165) is 24.3 Å². The van der Waals surface area contributed by atoms with Gasteiger partial charge in [0.1, 0.15) is 23.7 Å². The lowest BCUT2D eigenvalue weighted by Crippen LogP contribution is -2.36. The van der Waals surface area contributed by atoms with Crippen LogP contribution >= 0.6 is 11.6 Å². The molecule has 0 bridgehead atoms. The fraction of sp³-hybridized carbons (Fsp3) is 0.261. The molecule has 1 aliphatic rings. The zero-order chi connectivity index (χ0) is 21.6. The third-order valence-electron chi connectivity index (χ3n) is 5.11. The quantitative estimate of drug-likeness (QED) is 0.590. The molecule has 1 fully saturated rings. The van der Waals surface area contributed by atoms with Gasteiger partial charge >= 0.3 is 0 Å². The number of carbonyl (C=O) groups excluding carboxylic acids is 1. The molecule has 1 saturated heterocycles. The van der Waals surface area contributed by atoms with E-state index in [1.54, 1.807) is 6.07 Å². The largest absolute Gasteiger partial charge is 0.439 e. The molecule has 2 heterocycles. The summed E-state index contributed by atoms with van der Waals surface area (Å²) in [7, 11) is 0. The minimum Gasteiger partial charge on any atom is -0.439 e. The first-order chi connectivity index (χ1) is 15.1. The summed E-state index contributed by atoms with van der Waals surface area (Å²) < 4.78 is 19.1. The van der Waals surface area contributed by atoms with Crippen LogP contribution in [0.4, 0.5) is 10.2 Å². The molecule has 0 aliphatic carbocycles. The van der Waals surface area contributed by atoms with Crippen LogP contribution in [0.25, 0.3) is 0 Å². The van der Waals surface area contributed by atoms with Crippen LogP contribution in [0.15, 0.2) is 60.9 Å². The van der Waals surface area contributed by atoms with Crippen molar-refractivity contribution >= 4 is 23.3 Å². The van der Waals surface area contributed by atoms with Gasteiger partial charge < -0.3 is 14.5 Å². The molecule has 2 aromatic carbocycles. The van der Waals surface area contributed by atoms with Gasteiger partial charge in [-0.1, -0.05) is 41.9 Å². The molecule has 4 rings (SSSR count). The van der Waals surface area contributed by atoms with Crippen molar-refractivity contribution in [3.63, 3.8) is 0 Å². The molecule has 1 aromatic heterocycles. The number of halogens is 2. The van der Waals surface area contributed by atoms with E-state index in [-0.39, 0.29) is 10.9 Å². The van der Waals surface area contributed by atoms with Gasteiger partial charge in [-0.3, -0.25) is 4.79 Å². The van der Waals surface area contributed by atoms with Crippen LogP contribution in [0.5, 0.6) is 11.6 Å². The summed E-state index contributed by atoms with van der Waals surface area (Å²) in [6.07, 6.45) is 2.68. The van der Waals surface area contributed by atoms with Crippen molar-refractivity contribution in [2.45, 2.75) is 12.8 Å². The van der Waals surface area contributed by atoms with Crippen LogP contribution in [0.2, 0.25) is 5.02 Å². The van der Waals surface area contributed by atoms with E-state index >= 15 is 0 Å². The molecule has 1 aliphatic heterocycles. The lowest BCUT2D eigenvalue weighted by Gasteiger charge is -2.23. The molecule has 6 nitrogen and oxygen atoms in total. The third kappa shape index (κ3) is 5.49. The van der Waals surface area contributed by atoms with Gasteiger partial charge in [0.2, 0.25) is 11.8 Å². The molecule has 0 atom stereocenters. The molecule has 0 spiro atoms. The second kappa shape index (κ2) is 9.75.